The Hall–Kier alpha value is -2.49. The van der Waals surface area contributed by atoms with Crippen molar-refractivity contribution in [3.63, 3.8) is 0 Å². The van der Waals surface area contributed by atoms with E-state index < -0.39 is 0 Å². The average molecular weight is 311 g/mol. The molecule has 4 nitrogen and oxygen atoms in total. The smallest absolute Gasteiger partial charge is 0.231 e. The number of ether oxygens (including phenoxy) is 2. The van der Waals surface area contributed by atoms with Crippen LogP contribution < -0.4 is 14.8 Å². The van der Waals surface area contributed by atoms with Gasteiger partial charge in [-0.25, -0.2) is 0 Å². The number of hydrogen-bond acceptors (Lipinski definition) is 3. The maximum absolute atomic E-state index is 12.3. The Balaban J connectivity index is 1.62. The molecule has 3 rings (SSSR count). The maximum Gasteiger partial charge on any atom is 0.231 e. The second-order valence-electron chi connectivity index (χ2n) is 5.70. The van der Waals surface area contributed by atoms with Crippen molar-refractivity contribution in [3.8, 4) is 11.5 Å². The van der Waals surface area contributed by atoms with Crippen LogP contribution in [0.5, 0.6) is 11.5 Å². The summed E-state index contributed by atoms with van der Waals surface area (Å²) in [7, 11) is 0. The van der Waals surface area contributed by atoms with Crippen molar-refractivity contribution in [2.75, 3.05) is 12.1 Å². The molecule has 0 bridgehead atoms. The first-order valence-corrected chi connectivity index (χ1v) is 7.94. The van der Waals surface area contributed by atoms with Gasteiger partial charge in [0, 0.05) is 12.1 Å². The predicted molar refractivity (Wildman–Crippen MR) is 90.1 cm³/mol. The van der Waals surface area contributed by atoms with Gasteiger partial charge in [0.1, 0.15) is 0 Å². The number of nitrogens with one attached hydrogen (secondary N) is 1. The normalized spacial score (nSPS) is 12.3. The molecular formula is C19H21NO3. The third-order valence-corrected chi connectivity index (χ3v) is 4.08. The van der Waals surface area contributed by atoms with Crippen molar-refractivity contribution in [1.82, 2.24) is 0 Å². The third kappa shape index (κ3) is 3.47. The number of carbonyl (C=O) groups excluding carboxylic acids is 1. The number of hydrogen-bond donors (Lipinski definition) is 1. The Labute approximate surface area is 136 Å². The lowest BCUT2D eigenvalue weighted by atomic mass is 10.0. The van der Waals surface area contributed by atoms with Crippen molar-refractivity contribution >= 4 is 11.6 Å². The molecule has 1 amide bonds. The van der Waals surface area contributed by atoms with Gasteiger partial charge in [-0.05, 0) is 48.6 Å². The van der Waals surface area contributed by atoms with Crippen LogP contribution in [0, 0.1) is 6.92 Å². The van der Waals surface area contributed by atoms with Crippen molar-refractivity contribution in [1.29, 1.82) is 0 Å². The molecule has 23 heavy (non-hydrogen) atoms. The topological polar surface area (TPSA) is 47.6 Å². The quantitative estimate of drug-likeness (QED) is 0.912. The van der Waals surface area contributed by atoms with Crippen LogP contribution in [-0.4, -0.2) is 12.7 Å². The zero-order valence-electron chi connectivity index (χ0n) is 13.5. The van der Waals surface area contributed by atoms with Crippen molar-refractivity contribution in [3.05, 3.63) is 53.1 Å². The summed E-state index contributed by atoms with van der Waals surface area (Å²) < 4.78 is 10.7. The molecule has 1 aliphatic rings. The molecule has 0 aliphatic carbocycles. The Morgan fingerprint density at radius 2 is 2.00 bits per heavy atom. The molecule has 2 aromatic carbocycles. The number of fused-ring (bicyclic) bond motifs is 1. The summed E-state index contributed by atoms with van der Waals surface area (Å²) in [5, 5.41) is 3.06. The van der Waals surface area contributed by atoms with Crippen LogP contribution in [0.1, 0.15) is 30.0 Å². The zero-order valence-corrected chi connectivity index (χ0v) is 13.5. The van der Waals surface area contributed by atoms with Crippen molar-refractivity contribution in [2.24, 2.45) is 0 Å². The van der Waals surface area contributed by atoms with Gasteiger partial charge in [0.2, 0.25) is 12.7 Å². The Kier molecular flexibility index (Phi) is 4.51. The summed E-state index contributed by atoms with van der Waals surface area (Å²) in [5.74, 6) is 1.56. The molecule has 0 fully saturated rings. The molecule has 0 saturated heterocycles. The van der Waals surface area contributed by atoms with E-state index in [0.29, 0.717) is 12.8 Å². The highest BCUT2D eigenvalue weighted by molar-refractivity contribution is 5.92. The zero-order chi connectivity index (χ0) is 16.2. The minimum Gasteiger partial charge on any atom is -0.454 e. The molecule has 1 N–H and O–H groups in total. The number of carbonyl (C=O) groups is 1. The number of benzene rings is 2. The highest BCUT2D eigenvalue weighted by Gasteiger charge is 2.14. The third-order valence-electron chi connectivity index (χ3n) is 4.08. The van der Waals surface area contributed by atoms with Crippen LogP contribution in [0.25, 0.3) is 0 Å². The molecule has 0 unspecified atom stereocenters. The molecule has 1 aliphatic heterocycles. The predicted octanol–water partition coefficient (Wildman–Crippen LogP) is 3.86. The van der Waals surface area contributed by atoms with Crippen LogP contribution >= 0.6 is 0 Å². The number of para-hydroxylation sites is 1. The number of rotatable bonds is 5. The maximum atomic E-state index is 12.3. The fourth-order valence-corrected chi connectivity index (χ4v) is 2.76. The Bertz CT molecular complexity index is 725. The van der Waals surface area contributed by atoms with E-state index in [1.54, 1.807) is 0 Å². The molecular weight excluding hydrogens is 290 g/mol. The summed E-state index contributed by atoms with van der Waals surface area (Å²) >= 11 is 0. The molecule has 0 saturated carbocycles. The fourth-order valence-electron chi connectivity index (χ4n) is 2.76. The van der Waals surface area contributed by atoms with Crippen LogP contribution in [-0.2, 0) is 17.6 Å². The van der Waals surface area contributed by atoms with Gasteiger partial charge in [0.05, 0.1) is 0 Å². The van der Waals surface area contributed by atoms with Crippen LogP contribution in [0.4, 0.5) is 5.69 Å². The highest BCUT2D eigenvalue weighted by Crippen LogP contribution is 2.32. The number of anilines is 1. The Morgan fingerprint density at radius 3 is 2.83 bits per heavy atom. The second kappa shape index (κ2) is 6.73. The molecule has 120 valence electrons. The minimum absolute atomic E-state index is 0.0340. The highest BCUT2D eigenvalue weighted by atomic mass is 16.7. The van der Waals surface area contributed by atoms with E-state index in [4.69, 9.17) is 9.47 Å². The van der Waals surface area contributed by atoms with Gasteiger partial charge in [-0.3, -0.25) is 4.79 Å². The summed E-state index contributed by atoms with van der Waals surface area (Å²) in [6, 6.07) is 11.9. The van der Waals surface area contributed by atoms with Gasteiger partial charge in [0.25, 0.3) is 0 Å². The van der Waals surface area contributed by atoms with Crippen LogP contribution in [0.2, 0.25) is 0 Å². The van der Waals surface area contributed by atoms with Gasteiger partial charge in [-0.15, -0.1) is 0 Å². The molecule has 0 radical (unpaired) electrons. The lowest BCUT2D eigenvalue weighted by Crippen LogP contribution is -2.14. The van der Waals surface area contributed by atoms with E-state index in [-0.39, 0.29) is 12.7 Å². The fraction of sp³-hybridized carbons (Fsp3) is 0.316. The average Bonchev–Trinajstić information content (AvgIpc) is 3.02. The van der Waals surface area contributed by atoms with E-state index in [1.165, 1.54) is 5.56 Å². The van der Waals surface area contributed by atoms with Crippen LogP contribution in [0.3, 0.4) is 0 Å². The van der Waals surface area contributed by atoms with Crippen molar-refractivity contribution in [2.45, 2.75) is 33.1 Å². The summed E-state index contributed by atoms with van der Waals surface area (Å²) in [6.45, 7) is 4.38. The van der Waals surface area contributed by atoms with E-state index in [0.717, 1.165) is 34.7 Å². The van der Waals surface area contributed by atoms with E-state index in [2.05, 4.69) is 18.3 Å². The summed E-state index contributed by atoms with van der Waals surface area (Å²) in [5.41, 5.74) is 4.29. The molecule has 0 aromatic heterocycles. The van der Waals surface area contributed by atoms with Gasteiger partial charge >= 0.3 is 0 Å². The van der Waals surface area contributed by atoms with Crippen molar-refractivity contribution < 1.29 is 14.3 Å². The van der Waals surface area contributed by atoms with Gasteiger partial charge < -0.3 is 14.8 Å². The molecule has 0 spiro atoms. The van der Waals surface area contributed by atoms with E-state index >= 15 is 0 Å². The second-order valence-corrected chi connectivity index (χ2v) is 5.70. The lowest BCUT2D eigenvalue weighted by molar-refractivity contribution is -0.116. The first-order valence-electron chi connectivity index (χ1n) is 7.94. The van der Waals surface area contributed by atoms with Gasteiger partial charge in [-0.2, -0.15) is 0 Å². The SMILES string of the molecule is CCc1cccc(C)c1NC(=O)CCc1ccc2c(c1)OCO2. The summed E-state index contributed by atoms with van der Waals surface area (Å²) in [6.07, 6.45) is 2.02. The lowest BCUT2D eigenvalue weighted by Gasteiger charge is -2.13. The largest absolute Gasteiger partial charge is 0.454 e. The van der Waals surface area contributed by atoms with Gasteiger partial charge in [-0.1, -0.05) is 31.2 Å². The first-order chi connectivity index (χ1) is 11.2. The van der Waals surface area contributed by atoms with E-state index in [1.807, 2.05) is 37.3 Å². The molecule has 4 heteroatoms. The monoisotopic (exact) mass is 311 g/mol. The standard InChI is InChI=1S/C19H21NO3/c1-3-15-6-4-5-13(2)19(15)20-18(21)10-8-14-7-9-16-17(11-14)23-12-22-16/h4-7,9,11H,3,8,10,12H2,1-2H3,(H,20,21). The first kappa shape index (κ1) is 15.4. The summed E-state index contributed by atoms with van der Waals surface area (Å²) in [4.78, 5) is 12.3. The number of aryl methyl sites for hydroxylation is 3. The Morgan fingerprint density at radius 1 is 1.17 bits per heavy atom. The van der Waals surface area contributed by atoms with Crippen LogP contribution in [0.15, 0.2) is 36.4 Å². The minimum atomic E-state index is 0.0340. The molecule has 1 heterocycles. The van der Waals surface area contributed by atoms with E-state index in [9.17, 15) is 4.79 Å². The van der Waals surface area contributed by atoms with Gasteiger partial charge in [0.15, 0.2) is 11.5 Å². The molecule has 0 atom stereocenters. The molecule has 2 aromatic rings. The number of amides is 1.